The van der Waals surface area contributed by atoms with Crippen LogP contribution in [0.2, 0.25) is 6.32 Å². The highest BCUT2D eigenvalue weighted by Crippen LogP contribution is 2.16. The molecule has 2 unspecified atom stereocenters. The highest BCUT2D eigenvalue weighted by atomic mass is 16.4. The number of hydrogen-bond donors (Lipinski definition) is 1. The lowest BCUT2D eigenvalue weighted by molar-refractivity contribution is 0.156. The first-order valence-electron chi connectivity index (χ1n) is 11.4. The van der Waals surface area contributed by atoms with Crippen LogP contribution in [0, 0.1) is 0 Å². The topological polar surface area (TPSA) is 29.5 Å². The zero-order valence-electron chi connectivity index (χ0n) is 17.6. The molecule has 0 heterocycles. The van der Waals surface area contributed by atoms with E-state index >= 15 is 0 Å². The Bertz CT molecular complexity index is 248. The van der Waals surface area contributed by atoms with Gasteiger partial charge in [-0.05, 0) is 25.7 Å². The highest BCUT2D eigenvalue weighted by Gasteiger charge is 2.09. The second kappa shape index (κ2) is 20.3. The molecule has 0 rings (SSSR count). The fourth-order valence-corrected chi connectivity index (χ4v) is 3.23. The van der Waals surface area contributed by atoms with Gasteiger partial charge in [0.05, 0.1) is 6.10 Å². The third-order valence-electron chi connectivity index (χ3n) is 5.13. The van der Waals surface area contributed by atoms with Gasteiger partial charge in [-0.25, -0.2) is 0 Å². The normalized spacial score (nSPS) is 13.8. The lowest BCUT2D eigenvalue weighted by Gasteiger charge is -2.18. The first-order valence-corrected chi connectivity index (χ1v) is 11.4. The Morgan fingerprint density at radius 3 is 1.92 bits per heavy atom. The van der Waals surface area contributed by atoms with Crippen molar-refractivity contribution in [3.8, 4) is 0 Å². The molecule has 0 aliphatic heterocycles. The molecule has 0 aromatic rings. The van der Waals surface area contributed by atoms with Crippen molar-refractivity contribution in [1.29, 1.82) is 0 Å². The third kappa shape index (κ3) is 18.6. The first kappa shape index (κ1) is 25.0. The van der Waals surface area contributed by atoms with Gasteiger partial charge in [-0.3, -0.25) is 0 Å². The van der Waals surface area contributed by atoms with Crippen LogP contribution in [-0.2, 0) is 4.65 Å². The summed E-state index contributed by atoms with van der Waals surface area (Å²) in [5, 5.41) is 9.54. The summed E-state index contributed by atoms with van der Waals surface area (Å²) >= 11 is 0. The van der Waals surface area contributed by atoms with Crippen LogP contribution >= 0.6 is 0 Å². The summed E-state index contributed by atoms with van der Waals surface area (Å²) in [4.78, 5) is 0. The maximum atomic E-state index is 9.54. The summed E-state index contributed by atoms with van der Waals surface area (Å²) in [5.41, 5.74) is 0. The van der Waals surface area contributed by atoms with E-state index in [0.717, 1.165) is 25.6 Å². The molecule has 0 aromatic heterocycles. The van der Waals surface area contributed by atoms with E-state index in [1.54, 1.807) is 0 Å². The van der Waals surface area contributed by atoms with Gasteiger partial charge in [0.25, 0.3) is 7.48 Å². The lowest BCUT2D eigenvalue weighted by atomic mass is 9.89. The Labute approximate surface area is 159 Å². The van der Waals surface area contributed by atoms with Crippen LogP contribution in [0.1, 0.15) is 124 Å². The zero-order valence-corrected chi connectivity index (χ0v) is 17.6. The van der Waals surface area contributed by atoms with Gasteiger partial charge < -0.3 is 9.76 Å². The van der Waals surface area contributed by atoms with Gasteiger partial charge in [-0.1, -0.05) is 104 Å². The first-order chi connectivity index (χ1) is 12.2. The van der Waals surface area contributed by atoms with E-state index in [2.05, 4.69) is 28.3 Å². The summed E-state index contributed by atoms with van der Waals surface area (Å²) in [5.74, 6) is 0. The van der Waals surface area contributed by atoms with Gasteiger partial charge in [-0.2, -0.15) is 0 Å². The summed E-state index contributed by atoms with van der Waals surface area (Å²) in [6.45, 7) is 6.59. The fourth-order valence-electron chi connectivity index (χ4n) is 3.23. The Morgan fingerprint density at radius 1 is 0.680 bits per heavy atom. The van der Waals surface area contributed by atoms with Crippen molar-refractivity contribution in [2.75, 3.05) is 0 Å². The standard InChI is InChI=1S/C22H46BO2/c1-4-7-9-10-11-15-19-22(18-8-5-2)25-23-20-16-13-12-14-17-21(24)6-3/h21-22,24H,4-20H2,1-3H3. The largest absolute Gasteiger partial charge is 0.438 e. The Morgan fingerprint density at radius 2 is 1.24 bits per heavy atom. The summed E-state index contributed by atoms with van der Waals surface area (Å²) in [6.07, 6.45) is 21.4. The van der Waals surface area contributed by atoms with Gasteiger partial charge in [-0.15, -0.1) is 0 Å². The average Bonchev–Trinajstić information content (AvgIpc) is 2.63. The van der Waals surface area contributed by atoms with Crippen molar-refractivity contribution < 1.29 is 9.76 Å². The molecule has 0 amide bonds. The molecule has 0 aliphatic rings. The molecule has 149 valence electrons. The van der Waals surface area contributed by atoms with E-state index in [0.29, 0.717) is 6.10 Å². The van der Waals surface area contributed by atoms with Crippen molar-refractivity contribution in [1.82, 2.24) is 0 Å². The maximum Gasteiger partial charge on any atom is 0.292 e. The van der Waals surface area contributed by atoms with E-state index in [1.165, 1.54) is 83.5 Å². The molecule has 0 aliphatic carbocycles. The third-order valence-corrected chi connectivity index (χ3v) is 5.13. The van der Waals surface area contributed by atoms with Crippen LogP contribution in [0.4, 0.5) is 0 Å². The average molecular weight is 353 g/mol. The van der Waals surface area contributed by atoms with Crippen molar-refractivity contribution in [3.05, 3.63) is 0 Å². The number of aliphatic hydroxyl groups is 1. The summed E-state index contributed by atoms with van der Waals surface area (Å²) in [7, 11) is 2.08. The summed E-state index contributed by atoms with van der Waals surface area (Å²) in [6, 6.07) is 0. The van der Waals surface area contributed by atoms with Crippen LogP contribution in [0.25, 0.3) is 0 Å². The predicted octanol–water partition coefficient (Wildman–Crippen LogP) is 7.07. The van der Waals surface area contributed by atoms with Crippen LogP contribution < -0.4 is 0 Å². The van der Waals surface area contributed by atoms with Crippen molar-refractivity contribution in [2.45, 2.75) is 142 Å². The highest BCUT2D eigenvalue weighted by molar-refractivity contribution is 6.27. The van der Waals surface area contributed by atoms with Crippen LogP contribution in [0.3, 0.4) is 0 Å². The molecule has 0 aromatic carbocycles. The number of aliphatic hydroxyl groups excluding tert-OH is 1. The van der Waals surface area contributed by atoms with Gasteiger partial charge >= 0.3 is 0 Å². The SMILES string of the molecule is CCCCCCCCC(CCCC)O[B]CCCCCCC(O)CC. The molecule has 0 saturated heterocycles. The quantitative estimate of drug-likeness (QED) is 0.187. The molecule has 0 fully saturated rings. The van der Waals surface area contributed by atoms with E-state index < -0.39 is 0 Å². The molecular formula is C22H46BO2. The predicted molar refractivity (Wildman–Crippen MR) is 112 cm³/mol. The van der Waals surface area contributed by atoms with E-state index in [4.69, 9.17) is 4.65 Å². The van der Waals surface area contributed by atoms with Crippen LogP contribution in [0.5, 0.6) is 0 Å². The minimum Gasteiger partial charge on any atom is -0.438 e. The molecule has 0 spiro atoms. The molecular weight excluding hydrogens is 307 g/mol. The Balaban J connectivity index is 3.57. The molecule has 0 saturated carbocycles. The van der Waals surface area contributed by atoms with Gasteiger partial charge in [0.2, 0.25) is 0 Å². The maximum absolute atomic E-state index is 9.54. The molecule has 2 nitrogen and oxygen atoms in total. The Hall–Kier alpha value is -0.0151. The van der Waals surface area contributed by atoms with Gasteiger partial charge in [0, 0.05) is 6.10 Å². The number of rotatable bonds is 20. The van der Waals surface area contributed by atoms with Crippen molar-refractivity contribution in [2.24, 2.45) is 0 Å². The fraction of sp³-hybridized carbons (Fsp3) is 1.00. The van der Waals surface area contributed by atoms with E-state index in [-0.39, 0.29) is 6.10 Å². The molecule has 0 bridgehead atoms. The van der Waals surface area contributed by atoms with Crippen LogP contribution in [-0.4, -0.2) is 24.8 Å². The Kier molecular flexibility index (Phi) is 20.3. The van der Waals surface area contributed by atoms with E-state index in [9.17, 15) is 5.11 Å². The lowest BCUT2D eigenvalue weighted by Crippen LogP contribution is -2.15. The monoisotopic (exact) mass is 353 g/mol. The van der Waals surface area contributed by atoms with Gasteiger partial charge in [0.15, 0.2) is 0 Å². The molecule has 1 radical (unpaired) electrons. The molecule has 2 atom stereocenters. The molecule has 1 N–H and O–H groups in total. The minimum atomic E-state index is -0.0869. The minimum absolute atomic E-state index is 0.0869. The van der Waals surface area contributed by atoms with E-state index in [1.807, 2.05) is 0 Å². The zero-order chi connectivity index (χ0) is 18.6. The second-order valence-corrected chi connectivity index (χ2v) is 7.68. The molecule has 25 heavy (non-hydrogen) atoms. The number of unbranched alkanes of at least 4 members (excludes halogenated alkanes) is 9. The van der Waals surface area contributed by atoms with Crippen molar-refractivity contribution >= 4 is 7.48 Å². The number of hydrogen-bond acceptors (Lipinski definition) is 2. The van der Waals surface area contributed by atoms with Crippen molar-refractivity contribution in [3.63, 3.8) is 0 Å². The van der Waals surface area contributed by atoms with Crippen LogP contribution in [0.15, 0.2) is 0 Å². The molecule has 3 heteroatoms. The van der Waals surface area contributed by atoms with Gasteiger partial charge in [0.1, 0.15) is 0 Å². The second-order valence-electron chi connectivity index (χ2n) is 7.68. The smallest absolute Gasteiger partial charge is 0.292 e. The summed E-state index contributed by atoms with van der Waals surface area (Å²) < 4.78 is 6.07.